The molecule has 1 saturated carbocycles. The molecule has 2 aromatic carbocycles. The summed E-state index contributed by atoms with van der Waals surface area (Å²) in [5.41, 5.74) is 1.97. The Morgan fingerprint density at radius 2 is 1.76 bits per heavy atom. The van der Waals surface area contributed by atoms with Gasteiger partial charge in [0.1, 0.15) is 5.82 Å². The second kappa shape index (κ2) is 8.60. The first-order chi connectivity index (χ1) is 14.2. The number of aromatic nitrogens is 2. The van der Waals surface area contributed by atoms with Crippen LogP contribution in [0.2, 0.25) is 0 Å². The molecule has 1 aliphatic carbocycles. The minimum atomic E-state index is -0.124. The number of aryl methyl sites for hydroxylation is 1. The van der Waals surface area contributed by atoms with Crippen molar-refractivity contribution in [2.24, 2.45) is 0 Å². The molecule has 29 heavy (non-hydrogen) atoms. The van der Waals surface area contributed by atoms with Gasteiger partial charge in [-0.25, -0.2) is 4.98 Å². The number of para-hydroxylation sites is 1. The Morgan fingerprint density at radius 3 is 2.55 bits per heavy atom. The number of hydrogen-bond acceptors (Lipinski definition) is 3. The molecule has 1 fully saturated rings. The number of amides is 1. The van der Waals surface area contributed by atoms with Crippen LogP contribution < -0.4 is 10.9 Å². The second-order valence-corrected chi connectivity index (χ2v) is 8.01. The minimum Gasteiger partial charge on any atom is -0.355 e. The molecule has 5 heteroatoms. The minimum absolute atomic E-state index is 0.0651. The Bertz CT molecular complexity index is 1040. The van der Waals surface area contributed by atoms with Gasteiger partial charge in [-0.15, -0.1) is 0 Å². The summed E-state index contributed by atoms with van der Waals surface area (Å²) >= 11 is 0. The highest BCUT2D eigenvalue weighted by atomic mass is 16.1. The monoisotopic (exact) mass is 389 g/mol. The van der Waals surface area contributed by atoms with Crippen molar-refractivity contribution in [3.63, 3.8) is 0 Å². The number of hydrogen-bond donors (Lipinski definition) is 2. The molecule has 0 radical (unpaired) electrons. The normalized spacial score (nSPS) is 15.4. The number of nitrogens with zero attached hydrogens (tertiary/aromatic N) is 1. The van der Waals surface area contributed by atoms with Crippen molar-refractivity contribution in [1.82, 2.24) is 15.3 Å². The molecule has 3 aromatic rings. The highest BCUT2D eigenvalue weighted by Crippen LogP contribution is 2.40. The van der Waals surface area contributed by atoms with E-state index in [9.17, 15) is 9.59 Å². The molecule has 0 spiro atoms. The average Bonchev–Trinajstić information content (AvgIpc) is 3.23. The molecule has 1 aliphatic rings. The fourth-order valence-electron chi connectivity index (χ4n) is 4.44. The van der Waals surface area contributed by atoms with Gasteiger partial charge in [-0.3, -0.25) is 9.59 Å². The van der Waals surface area contributed by atoms with E-state index in [0.717, 1.165) is 12.8 Å². The predicted octanol–water partition coefficient (Wildman–Crippen LogP) is 3.87. The number of rotatable bonds is 7. The molecule has 1 amide bonds. The summed E-state index contributed by atoms with van der Waals surface area (Å²) in [6.07, 6.45) is 6.35. The Labute approximate surface area is 170 Å². The molecular weight excluding hydrogens is 362 g/mol. The third kappa shape index (κ3) is 4.39. The smallest absolute Gasteiger partial charge is 0.258 e. The number of H-pyrrole nitrogens is 1. The zero-order valence-electron chi connectivity index (χ0n) is 16.6. The molecule has 0 bridgehead atoms. The summed E-state index contributed by atoms with van der Waals surface area (Å²) in [6, 6.07) is 17.9. The standard InChI is InChI=1S/C24H27N3O2/c28-22(25-17-24(15-6-7-16-24)18-9-2-1-3-10-18)14-8-13-21-26-20-12-5-4-11-19(20)23(29)27-21/h1-5,9-12H,6-8,13-17H2,(H,25,28)(H,26,27,29). The third-order valence-electron chi connectivity index (χ3n) is 6.05. The van der Waals surface area contributed by atoms with Gasteiger partial charge in [-0.05, 0) is 37.0 Å². The van der Waals surface area contributed by atoms with Gasteiger partial charge < -0.3 is 10.3 Å². The van der Waals surface area contributed by atoms with E-state index in [0.29, 0.717) is 42.5 Å². The Hall–Kier alpha value is -2.95. The van der Waals surface area contributed by atoms with E-state index in [1.807, 2.05) is 24.3 Å². The first kappa shape index (κ1) is 19.4. The number of nitrogens with one attached hydrogen (secondary N) is 2. The van der Waals surface area contributed by atoms with E-state index >= 15 is 0 Å². The maximum absolute atomic E-state index is 12.4. The quantitative estimate of drug-likeness (QED) is 0.644. The number of fused-ring (bicyclic) bond motifs is 1. The van der Waals surface area contributed by atoms with Gasteiger partial charge >= 0.3 is 0 Å². The largest absolute Gasteiger partial charge is 0.355 e. The predicted molar refractivity (Wildman–Crippen MR) is 115 cm³/mol. The lowest BCUT2D eigenvalue weighted by Gasteiger charge is -2.30. The highest BCUT2D eigenvalue weighted by Gasteiger charge is 2.35. The molecule has 0 aliphatic heterocycles. The topological polar surface area (TPSA) is 74.8 Å². The summed E-state index contributed by atoms with van der Waals surface area (Å²) in [6.45, 7) is 0.695. The molecule has 5 nitrogen and oxygen atoms in total. The number of carbonyl (C=O) groups excluding carboxylic acids is 1. The van der Waals surface area contributed by atoms with Crippen LogP contribution in [0, 0.1) is 0 Å². The summed E-state index contributed by atoms with van der Waals surface area (Å²) < 4.78 is 0. The van der Waals surface area contributed by atoms with Crippen LogP contribution in [0.1, 0.15) is 49.9 Å². The fraction of sp³-hybridized carbons (Fsp3) is 0.375. The molecular formula is C24H27N3O2. The fourth-order valence-corrected chi connectivity index (χ4v) is 4.44. The van der Waals surface area contributed by atoms with E-state index in [4.69, 9.17) is 0 Å². The summed E-state index contributed by atoms with van der Waals surface area (Å²) in [4.78, 5) is 31.9. The summed E-state index contributed by atoms with van der Waals surface area (Å²) in [5, 5.41) is 3.75. The van der Waals surface area contributed by atoms with Crippen molar-refractivity contribution in [2.45, 2.75) is 50.4 Å². The lowest BCUT2D eigenvalue weighted by molar-refractivity contribution is -0.121. The Balaban J connectivity index is 1.32. The molecule has 4 rings (SSSR count). The van der Waals surface area contributed by atoms with Crippen LogP contribution in [-0.2, 0) is 16.6 Å². The van der Waals surface area contributed by atoms with Crippen LogP contribution in [-0.4, -0.2) is 22.4 Å². The van der Waals surface area contributed by atoms with Crippen molar-refractivity contribution < 1.29 is 4.79 Å². The van der Waals surface area contributed by atoms with Crippen LogP contribution in [0.4, 0.5) is 0 Å². The molecule has 0 unspecified atom stereocenters. The first-order valence-electron chi connectivity index (χ1n) is 10.5. The molecule has 0 atom stereocenters. The van der Waals surface area contributed by atoms with Crippen LogP contribution in [0.5, 0.6) is 0 Å². The lowest BCUT2D eigenvalue weighted by Crippen LogP contribution is -2.39. The Morgan fingerprint density at radius 1 is 1.03 bits per heavy atom. The number of aromatic amines is 1. The van der Waals surface area contributed by atoms with E-state index in [1.54, 1.807) is 6.07 Å². The van der Waals surface area contributed by atoms with Gasteiger partial charge in [0.25, 0.3) is 5.56 Å². The Kier molecular flexibility index (Phi) is 5.74. The molecule has 0 saturated heterocycles. The maximum Gasteiger partial charge on any atom is 0.258 e. The molecule has 1 heterocycles. The summed E-state index contributed by atoms with van der Waals surface area (Å²) in [7, 11) is 0. The highest BCUT2D eigenvalue weighted by molar-refractivity contribution is 5.77. The van der Waals surface area contributed by atoms with Crippen LogP contribution >= 0.6 is 0 Å². The van der Waals surface area contributed by atoms with Crippen LogP contribution in [0.15, 0.2) is 59.4 Å². The average molecular weight is 389 g/mol. The van der Waals surface area contributed by atoms with Crippen molar-refractivity contribution in [3.8, 4) is 0 Å². The van der Waals surface area contributed by atoms with Gasteiger partial charge in [0.05, 0.1) is 10.9 Å². The van der Waals surface area contributed by atoms with Crippen molar-refractivity contribution in [1.29, 1.82) is 0 Å². The molecule has 1 aromatic heterocycles. The second-order valence-electron chi connectivity index (χ2n) is 8.01. The zero-order chi connectivity index (χ0) is 20.1. The number of benzene rings is 2. The van der Waals surface area contributed by atoms with Crippen molar-refractivity contribution in [2.75, 3.05) is 6.54 Å². The van der Waals surface area contributed by atoms with Crippen LogP contribution in [0.3, 0.4) is 0 Å². The van der Waals surface area contributed by atoms with E-state index in [1.165, 1.54) is 18.4 Å². The molecule has 2 N–H and O–H groups in total. The third-order valence-corrected chi connectivity index (χ3v) is 6.05. The van der Waals surface area contributed by atoms with Gasteiger partial charge in [0.2, 0.25) is 5.91 Å². The van der Waals surface area contributed by atoms with Crippen molar-refractivity contribution >= 4 is 16.8 Å². The first-order valence-corrected chi connectivity index (χ1v) is 10.5. The van der Waals surface area contributed by atoms with Gasteiger partial charge in [0.15, 0.2) is 0 Å². The van der Waals surface area contributed by atoms with E-state index in [2.05, 4.69) is 39.6 Å². The number of carbonyl (C=O) groups is 1. The summed E-state index contributed by atoms with van der Waals surface area (Å²) in [5.74, 6) is 0.702. The van der Waals surface area contributed by atoms with Gasteiger partial charge in [-0.1, -0.05) is 55.3 Å². The van der Waals surface area contributed by atoms with E-state index < -0.39 is 0 Å². The van der Waals surface area contributed by atoms with Gasteiger partial charge in [-0.2, -0.15) is 0 Å². The zero-order valence-corrected chi connectivity index (χ0v) is 16.6. The van der Waals surface area contributed by atoms with Crippen LogP contribution in [0.25, 0.3) is 10.9 Å². The maximum atomic E-state index is 12.4. The molecule has 150 valence electrons. The SMILES string of the molecule is O=C(CCCc1nc2ccccc2c(=O)[nH]1)NCC1(c2ccccc2)CCCC1. The van der Waals surface area contributed by atoms with Gasteiger partial charge in [0, 0.05) is 24.8 Å². The lowest BCUT2D eigenvalue weighted by atomic mass is 9.79. The van der Waals surface area contributed by atoms with Crippen molar-refractivity contribution in [3.05, 3.63) is 76.3 Å². The van der Waals surface area contributed by atoms with E-state index in [-0.39, 0.29) is 16.9 Å².